The molecule has 2 N–H and O–H groups in total. The maximum atomic E-state index is 12.2. The third kappa shape index (κ3) is 3.56. The molecule has 7 nitrogen and oxygen atoms in total. The highest BCUT2D eigenvalue weighted by molar-refractivity contribution is 6.30. The minimum atomic E-state index is -1.01. The zero-order valence-corrected chi connectivity index (χ0v) is 13.8. The zero-order valence-electron chi connectivity index (χ0n) is 13.1. The van der Waals surface area contributed by atoms with Gasteiger partial charge in [0.2, 0.25) is 0 Å². The van der Waals surface area contributed by atoms with E-state index in [4.69, 9.17) is 16.3 Å². The number of benzene rings is 1. The van der Waals surface area contributed by atoms with Gasteiger partial charge in [0, 0.05) is 5.02 Å². The molecule has 1 fully saturated rings. The minimum Gasteiger partial charge on any atom is -0.481 e. The van der Waals surface area contributed by atoms with Crippen LogP contribution >= 0.6 is 11.6 Å². The lowest BCUT2D eigenvalue weighted by atomic mass is 10.00. The Balaban J connectivity index is 2.00. The van der Waals surface area contributed by atoms with Gasteiger partial charge in [0.1, 0.15) is 11.3 Å². The van der Waals surface area contributed by atoms with Gasteiger partial charge < -0.3 is 10.1 Å². The molecule has 1 saturated heterocycles. The lowest BCUT2D eigenvalue weighted by Gasteiger charge is -2.21. The van der Waals surface area contributed by atoms with Crippen molar-refractivity contribution in [3.8, 4) is 5.75 Å². The van der Waals surface area contributed by atoms with E-state index in [9.17, 15) is 14.4 Å². The fraction of sp³-hybridized carbons (Fsp3) is 0.400. The highest BCUT2D eigenvalue weighted by Gasteiger charge is 2.47. The molecule has 1 heterocycles. The van der Waals surface area contributed by atoms with Crippen molar-refractivity contribution < 1.29 is 19.1 Å². The first-order valence-corrected chi connectivity index (χ1v) is 7.54. The summed E-state index contributed by atoms with van der Waals surface area (Å²) in [6.45, 7) is 4.89. The summed E-state index contributed by atoms with van der Waals surface area (Å²) < 4.78 is 5.45. The second kappa shape index (κ2) is 6.45. The van der Waals surface area contributed by atoms with Crippen LogP contribution in [0.15, 0.2) is 24.3 Å². The monoisotopic (exact) mass is 339 g/mol. The van der Waals surface area contributed by atoms with Crippen LogP contribution in [0.2, 0.25) is 5.02 Å². The van der Waals surface area contributed by atoms with Gasteiger partial charge in [0.25, 0.3) is 11.8 Å². The Kier molecular flexibility index (Phi) is 4.79. The molecule has 124 valence electrons. The van der Waals surface area contributed by atoms with Crippen molar-refractivity contribution in [3.63, 3.8) is 0 Å². The number of nitrogens with zero attached hydrogens (tertiary/aromatic N) is 1. The predicted octanol–water partition coefficient (Wildman–Crippen LogP) is 1.86. The Morgan fingerprint density at radius 1 is 1.39 bits per heavy atom. The fourth-order valence-corrected chi connectivity index (χ4v) is 2.12. The van der Waals surface area contributed by atoms with E-state index in [0.717, 1.165) is 0 Å². The van der Waals surface area contributed by atoms with Gasteiger partial charge in [0.05, 0.1) is 0 Å². The maximum absolute atomic E-state index is 12.2. The zero-order chi connectivity index (χ0) is 17.2. The molecule has 23 heavy (non-hydrogen) atoms. The van der Waals surface area contributed by atoms with Crippen molar-refractivity contribution >= 4 is 29.4 Å². The van der Waals surface area contributed by atoms with Crippen LogP contribution in [-0.4, -0.2) is 34.5 Å². The van der Waals surface area contributed by atoms with Crippen LogP contribution < -0.4 is 15.5 Å². The highest BCUT2D eigenvalue weighted by Crippen LogP contribution is 2.20. The summed E-state index contributed by atoms with van der Waals surface area (Å²) in [5, 5.41) is 3.78. The number of halogens is 1. The number of hydrazine groups is 1. The van der Waals surface area contributed by atoms with E-state index in [1.54, 1.807) is 38.1 Å². The first-order chi connectivity index (χ1) is 10.8. The quantitative estimate of drug-likeness (QED) is 0.801. The summed E-state index contributed by atoms with van der Waals surface area (Å²) in [7, 11) is 0. The first kappa shape index (κ1) is 17.1. The second-order valence-corrected chi connectivity index (χ2v) is 5.88. The summed E-state index contributed by atoms with van der Waals surface area (Å²) >= 11 is 5.77. The normalized spacial score (nSPS) is 21.8. The number of rotatable bonds is 5. The molecule has 0 bridgehead atoms. The van der Waals surface area contributed by atoms with Gasteiger partial charge in [-0.2, -0.15) is 5.01 Å². The van der Waals surface area contributed by atoms with Crippen LogP contribution in [0.1, 0.15) is 27.2 Å². The van der Waals surface area contributed by atoms with E-state index in [0.29, 0.717) is 22.2 Å². The number of ether oxygens (including phenoxy) is 1. The number of carbonyl (C=O) groups is 3. The number of hydrogen-bond donors (Lipinski definition) is 2. The maximum Gasteiger partial charge on any atom is 0.344 e. The van der Waals surface area contributed by atoms with Crippen molar-refractivity contribution in [2.75, 3.05) is 0 Å². The molecule has 0 spiro atoms. The van der Waals surface area contributed by atoms with Crippen molar-refractivity contribution in [3.05, 3.63) is 29.3 Å². The number of carbonyl (C=O) groups excluding carboxylic acids is 3. The molecule has 4 amide bonds. The largest absolute Gasteiger partial charge is 0.481 e. The van der Waals surface area contributed by atoms with Gasteiger partial charge in [-0.1, -0.05) is 18.5 Å². The van der Waals surface area contributed by atoms with E-state index in [2.05, 4.69) is 10.7 Å². The topological polar surface area (TPSA) is 87.7 Å². The molecule has 1 aliphatic rings. The lowest BCUT2D eigenvalue weighted by molar-refractivity contribution is -0.141. The Morgan fingerprint density at radius 3 is 2.52 bits per heavy atom. The molecule has 8 heteroatoms. The van der Waals surface area contributed by atoms with Gasteiger partial charge in [-0.15, -0.1) is 0 Å². The number of imide groups is 1. The van der Waals surface area contributed by atoms with E-state index in [-0.39, 0.29) is 0 Å². The van der Waals surface area contributed by atoms with E-state index < -0.39 is 29.5 Å². The molecular weight excluding hydrogens is 322 g/mol. The SMILES string of the molecule is CC[C@@]1(C)NC(=O)N(NC(=O)[C@H](C)Oc2ccc(Cl)cc2)C1=O. The molecule has 2 atom stereocenters. The van der Waals surface area contributed by atoms with Crippen LogP contribution in [0.5, 0.6) is 5.75 Å². The van der Waals surface area contributed by atoms with Crippen LogP contribution in [0.4, 0.5) is 4.79 Å². The predicted molar refractivity (Wildman–Crippen MR) is 83.8 cm³/mol. The number of urea groups is 1. The number of hydrogen-bond acceptors (Lipinski definition) is 4. The smallest absolute Gasteiger partial charge is 0.344 e. The third-order valence-corrected chi connectivity index (χ3v) is 3.94. The van der Waals surface area contributed by atoms with E-state index in [1.807, 2.05) is 0 Å². The molecular formula is C15H18ClN3O4. The molecule has 0 aliphatic carbocycles. The highest BCUT2D eigenvalue weighted by atomic mass is 35.5. The summed E-state index contributed by atoms with van der Waals surface area (Å²) in [6.07, 6.45) is -0.480. The Bertz CT molecular complexity index is 634. The van der Waals surface area contributed by atoms with Crippen LogP contribution in [0, 0.1) is 0 Å². The molecule has 1 aliphatic heterocycles. The van der Waals surface area contributed by atoms with Crippen molar-refractivity contribution in [2.24, 2.45) is 0 Å². The molecule has 0 unspecified atom stereocenters. The second-order valence-electron chi connectivity index (χ2n) is 5.45. The number of amides is 4. The van der Waals surface area contributed by atoms with Crippen molar-refractivity contribution in [1.82, 2.24) is 15.8 Å². The summed E-state index contributed by atoms with van der Waals surface area (Å²) in [4.78, 5) is 36.2. The minimum absolute atomic E-state index is 0.417. The molecule has 0 saturated carbocycles. The molecule has 0 aromatic heterocycles. The lowest BCUT2D eigenvalue weighted by Crippen LogP contribution is -2.51. The van der Waals surface area contributed by atoms with Crippen molar-refractivity contribution in [2.45, 2.75) is 38.8 Å². The third-order valence-electron chi connectivity index (χ3n) is 3.69. The average molecular weight is 340 g/mol. The van der Waals surface area contributed by atoms with Gasteiger partial charge in [-0.25, -0.2) is 4.79 Å². The molecule has 1 aromatic rings. The summed E-state index contributed by atoms with van der Waals surface area (Å²) in [5.41, 5.74) is 1.27. The van der Waals surface area contributed by atoms with Crippen molar-refractivity contribution in [1.29, 1.82) is 0 Å². The summed E-state index contributed by atoms with van der Waals surface area (Å²) in [5.74, 6) is -0.659. The van der Waals surface area contributed by atoms with Crippen LogP contribution in [-0.2, 0) is 9.59 Å². The molecule has 2 rings (SSSR count). The first-order valence-electron chi connectivity index (χ1n) is 7.16. The Morgan fingerprint density at radius 2 is 2.00 bits per heavy atom. The molecule has 1 aromatic carbocycles. The Labute approximate surface area is 138 Å². The summed E-state index contributed by atoms with van der Waals surface area (Å²) in [6, 6.07) is 5.84. The van der Waals surface area contributed by atoms with E-state index >= 15 is 0 Å². The van der Waals surface area contributed by atoms with Crippen LogP contribution in [0.3, 0.4) is 0 Å². The van der Waals surface area contributed by atoms with Gasteiger partial charge in [0.15, 0.2) is 6.10 Å². The van der Waals surface area contributed by atoms with E-state index in [1.165, 1.54) is 6.92 Å². The number of nitrogens with one attached hydrogen (secondary N) is 2. The van der Waals surface area contributed by atoms with Gasteiger partial charge in [-0.3, -0.25) is 15.0 Å². The van der Waals surface area contributed by atoms with Gasteiger partial charge >= 0.3 is 6.03 Å². The average Bonchev–Trinajstić information content (AvgIpc) is 2.73. The molecule has 0 radical (unpaired) electrons. The Hall–Kier alpha value is -2.28. The van der Waals surface area contributed by atoms with Crippen LogP contribution in [0.25, 0.3) is 0 Å². The fourth-order valence-electron chi connectivity index (χ4n) is 2.00. The van der Waals surface area contributed by atoms with Gasteiger partial charge in [-0.05, 0) is 44.5 Å². The standard InChI is InChI=1S/C15H18ClN3O4/c1-4-15(3)13(21)19(14(22)17-15)18-12(20)9(2)23-11-7-5-10(16)6-8-11/h5-9H,4H2,1-3H3,(H,17,22)(H,18,20)/t9-,15+/m0/s1.